The third-order valence-corrected chi connectivity index (χ3v) is 24.1. The Labute approximate surface area is 680 Å². The Kier molecular flexibility index (Phi) is 37.0. The van der Waals surface area contributed by atoms with Crippen molar-refractivity contribution >= 4 is 129 Å². The van der Waals surface area contributed by atoms with Crippen molar-refractivity contribution < 1.29 is 139 Å². The average molecular weight is 1750 g/mol. The predicted octanol–water partition coefficient (Wildman–Crippen LogP) is 4.23. The van der Waals surface area contributed by atoms with Crippen LogP contribution in [0.5, 0.6) is 0 Å². The normalized spacial score (nSPS) is 16.5. The quantitative estimate of drug-likeness (QED) is 0.00853. The number of benzene rings is 4. The van der Waals surface area contributed by atoms with Gasteiger partial charge in [-0.3, -0.25) is 42.7 Å². The number of hydrogen-bond acceptors (Lipinski definition) is 27. The molecule has 46 heteroatoms. The summed E-state index contributed by atoms with van der Waals surface area (Å²) in [5.41, 5.74) is 13.4. The molecule has 1 fully saturated rings. The summed E-state index contributed by atoms with van der Waals surface area (Å²) < 4.78 is 64.0. The van der Waals surface area contributed by atoms with Crippen molar-refractivity contribution in [1.29, 1.82) is 0 Å². The van der Waals surface area contributed by atoms with E-state index in [9.17, 15) is 86.1 Å². The van der Waals surface area contributed by atoms with E-state index in [4.69, 9.17) is 50.2 Å². The highest BCUT2D eigenvalue weighted by molar-refractivity contribution is 8.76. The second kappa shape index (κ2) is 45.8. The van der Waals surface area contributed by atoms with Crippen molar-refractivity contribution in [3.05, 3.63) is 142 Å². The molecule has 1 saturated heterocycles. The first-order valence-electron chi connectivity index (χ1n) is 35.9. The molecule has 40 nitrogen and oxygen atoms in total. The number of phosphoric ester groups is 1. The van der Waals surface area contributed by atoms with Crippen LogP contribution < -0.4 is 48.6 Å². The van der Waals surface area contributed by atoms with Gasteiger partial charge in [0.15, 0.2) is 0 Å². The maximum atomic E-state index is 13.4. The van der Waals surface area contributed by atoms with Crippen molar-refractivity contribution in [3.8, 4) is 34.1 Å². The molecule has 1 aliphatic heterocycles. The minimum atomic E-state index is -5.81. The number of phosphoric acid groups is 3. The van der Waals surface area contributed by atoms with E-state index in [0.717, 1.165) is 55.3 Å². The molecule has 9 atom stereocenters. The van der Waals surface area contributed by atoms with E-state index in [0.29, 0.717) is 45.1 Å². The number of nitrogens with zero attached hydrogens (tertiary/aromatic N) is 2. The Bertz CT molecular complexity index is 4590. The van der Waals surface area contributed by atoms with Gasteiger partial charge < -0.3 is 102 Å². The summed E-state index contributed by atoms with van der Waals surface area (Å²) in [5, 5.41) is 63.8. The van der Waals surface area contributed by atoms with Crippen molar-refractivity contribution in [2.45, 2.75) is 131 Å². The summed E-state index contributed by atoms with van der Waals surface area (Å²) >= 11 is 4.17. The fourth-order valence-corrected chi connectivity index (χ4v) is 17.5. The van der Waals surface area contributed by atoms with Gasteiger partial charge in [0.05, 0.1) is 37.7 Å². The maximum Gasteiger partial charge on any atom is 0.490 e. The number of anilines is 1. The zero-order valence-corrected chi connectivity index (χ0v) is 67.2. The highest BCUT2D eigenvalue weighted by Gasteiger charge is 2.44. The van der Waals surface area contributed by atoms with Gasteiger partial charge in [0, 0.05) is 74.1 Å². The molecule has 117 heavy (non-hydrogen) atoms. The number of fused-ring (bicyclic) bond motifs is 6. The first kappa shape index (κ1) is 94.4. The average Bonchev–Trinajstić information content (AvgIpc) is 1.62. The van der Waals surface area contributed by atoms with Gasteiger partial charge in [0.1, 0.15) is 55.5 Å². The number of aliphatic carboxylic acids is 4. The fourth-order valence-electron chi connectivity index (χ4n) is 12.0. The van der Waals surface area contributed by atoms with E-state index < -0.39 is 157 Å². The van der Waals surface area contributed by atoms with Crippen LogP contribution in [0.15, 0.2) is 108 Å². The number of aromatic nitrogens is 2. The van der Waals surface area contributed by atoms with Crippen LogP contribution in [-0.2, 0) is 84.2 Å². The lowest BCUT2D eigenvalue weighted by molar-refractivity contribution is -0.147. The highest BCUT2D eigenvalue weighted by atomic mass is 33.1. The smallest absolute Gasteiger partial charge is 0.481 e. The molecule has 0 bridgehead atoms. The van der Waals surface area contributed by atoms with E-state index in [1.54, 1.807) is 0 Å². The molecule has 0 spiro atoms. The standard InChI is InChI=1S/C43H54N7O22P3S2.C28H33N3O8S/c44-39-25(21-50(42(59)49-39)37-20-33(51)34(70-37)23-69-74(64,65)72-75(66,67)71-73(61,62)63)9-8-17-45-35(52)15-18-76-77-24-32(40(56)46-16-7-1-2-14-36(53)47-31(41(57)58)19-38(54)55)48-43(60)68-22-30-28-12-5-3-10-26(28)27-11-4-6-13-29(27)30;32-24(30-22(27(36)37)14-25(33)34)12-2-1-7-13-29-26(35)23(16-40)31-28(38)39-15-21-19-10-5-3-8-17(19)18-9-4-6-11-20(18)21/h3-6,10-13,21,30-34,37,51H,1-2,7,14-20,22-24H2,(H,45,52)(H,46,56)(H,47,53)(H,48,60)(H,54,55)(H,57,58)(H,64,65)(H,66,67)(H2,44,49,59)(H2,61,62,63);3-6,8-11,21-23,40H,1-2,7,12-16H2,(H,29,35)(H,30,32)(H,31,38)(H,33,34)(H,36,37). The van der Waals surface area contributed by atoms with E-state index in [1.807, 2.05) is 97.1 Å². The Morgan fingerprint density at radius 2 is 1.04 bits per heavy atom. The third kappa shape index (κ3) is 30.9. The molecule has 634 valence electrons. The number of amides is 7. The minimum Gasteiger partial charge on any atom is -0.481 e. The van der Waals surface area contributed by atoms with Gasteiger partial charge >= 0.3 is 65.2 Å². The van der Waals surface area contributed by atoms with Crippen LogP contribution in [0.2, 0.25) is 0 Å². The first-order chi connectivity index (χ1) is 55.5. The number of aliphatic hydroxyl groups excluding tert-OH is 1. The number of carboxylic acids is 4. The van der Waals surface area contributed by atoms with Crippen molar-refractivity contribution in [1.82, 2.24) is 46.8 Å². The summed E-state index contributed by atoms with van der Waals surface area (Å²) in [6.07, 6.45) is -3.74. The molecular weight excluding hydrogens is 1660 g/mol. The van der Waals surface area contributed by atoms with Crippen molar-refractivity contribution in [3.63, 3.8) is 0 Å². The number of nitrogen functional groups attached to an aromatic ring is 1. The molecule has 2 aliphatic carbocycles. The number of carbonyl (C=O) groups is 11. The van der Waals surface area contributed by atoms with Gasteiger partial charge in [0.25, 0.3) is 0 Å². The van der Waals surface area contributed by atoms with Gasteiger partial charge in [-0.1, -0.05) is 143 Å². The van der Waals surface area contributed by atoms with Crippen LogP contribution in [0.1, 0.15) is 123 Å². The van der Waals surface area contributed by atoms with Gasteiger partial charge in [-0.05, 0) is 70.2 Å². The maximum absolute atomic E-state index is 13.4. The summed E-state index contributed by atoms with van der Waals surface area (Å²) in [4.78, 5) is 185. The number of hydrogen-bond donors (Lipinski definition) is 18. The molecule has 7 amide bonds. The molecule has 9 unspecified atom stereocenters. The molecule has 0 saturated carbocycles. The van der Waals surface area contributed by atoms with Gasteiger partial charge in [0.2, 0.25) is 29.5 Å². The second-order valence-electron chi connectivity index (χ2n) is 26.0. The number of unbranched alkanes of at least 4 members (excludes halogenated alkanes) is 4. The summed E-state index contributed by atoms with van der Waals surface area (Å²) in [6, 6.07) is 26.5. The van der Waals surface area contributed by atoms with E-state index in [2.05, 4.69) is 79.8 Å². The number of aliphatic hydroxyl groups is 1. The van der Waals surface area contributed by atoms with Crippen molar-refractivity contribution in [2.75, 3.05) is 62.4 Å². The molecule has 4 aromatic carbocycles. The van der Waals surface area contributed by atoms with Crippen LogP contribution in [0.25, 0.3) is 22.3 Å². The largest absolute Gasteiger partial charge is 0.490 e. The molecule has 0 radical (unpaired) electrons. The van der Waals surface area contributed by atoms with Crippen LogP contribution >= 0.6 is 57.7 Å². The second-order valence-corrected chi connectivity index (χ2v) is 33.4. The molecule has 18 N–H and O–H groups in total. The Balaban J connectivity index is 0.000000395. The lowest BCUT2D eigenvalue weighted by Gasteiger charge is -2.19. The molecule has 3 aliphatic rings. The minimum absolute atomic E-state index is 0.00102. The number of carbonyl (C=O) groups excluding carboxylic acids is 7. The molecule has 1 aromatic heterocycles. The molecule has 8 rings (SSSR count). The zero-order chi connectivity index (χ0) is 85.6. The number of ether oxygens (including phenoxy) is 3. The van der Waals surface area contributed by atoms with Crippen LogP contribution in [-0.4, -0.2) is 213 Å². The number of nitrogens with two attached hydrogens (primary N) is 1. The number of nitrogens with one attached hydrogen (secondary N) is 7. The van der Waals surface area contributed by atoms with Crippen LogP contribution in [0, 0.1) is 11.8 Å². The van der Waals surface area contributed by atoms with Gasteiger partial charge in [-0.25, -0.2) is 37.7 Å². The highest BCUT2D eigenvalue weighted by Crippen LogP contribution is 2.66. The summed E-state index contributed by atoms with van der Waals surface area (Å²) in [7, 11) is -14.5. The topological polar surface area (TPSA) is 622 Å². The number of carboxylic acid groups (broad SMARTS) is 4. The molecule has 2 heterocycles. The molecule has 5 aromatic rings. The monoisotopic (exact) mass is 1750 g/mol. The van der Waals surface area contributed by atoms with E-state index in [-0.39, 0.29) is 92.5 Å². The van der Waals surface area contributed by atoms with Gasteiger partial charge in [-0.15, -0.1) is 0 Å². The third-order valence-electron chi connectivity index (χ3n) is 17.5. The summed E-state index contributed by atoms with van der Waals surface area (Å²) in [6.45, 7) is -0.603. The zero-order valence-electron chi connectivity index (χ0n) is 62.0. The first-order valence-corrected chi connectivity index (χ1v) is 43.5. The van der Waals surface area contributed by atoms with E-state index in [1.165, 1.54) is 21.6 Å². The lowest BCUT2D eigenvalue weighted by Crippen LogP contribution is -2.48. The van der Waals surface area contributed by atoms with Crippen molar-refractivity contribution in [2.24, 2.45) is 0 Å². The van der Waals surface area contributed by atoms with Crippen LogP contribution in [0.4, 0.5) is 15.4 Å². The predicted molar refractivity (Wildman–Crippen MR) is 421 cm³/mol. The Hall–Kier alpha value is -9.73. The Morgan fingerprint density at radius 3 is 1.50 bits per heavy atom. The number of thiol groups is 1. The van der Waals surface area contributed by atoms with E-state index >= 15 is 0 Å². The lowest BCUT2D eigenvalue weighted by atomic mass is 9.98. The summed E-state index contributed by atoms with van der Waals surface area (Å²) in [5.74, 6) is -3.08. The fraction of sp³-hybridized carbons (Fsp3) is 0.423. The number of rotatable bonds is 44. The SMILES string of the molecule is Nc1nc(=O)n(C2CC(O)C(COP(=O)(O)OP(=O)(O)OP(=O)(O)O)O2)cc1C#CCNC(=O)CCSSCC(NC(=O)OCC1c2ccccc2-c2ccccc21)C(=O)NCCCCCC(=O)NC(CC(=O)O)C(=O)O.O=C(O)CC(NC(=O)CCCCCNC(=O)C(CS)NC(=O)OCC1c2ccccc2-c2ccccc21)C(=O)O. The number of alkyl carbamates (subject to hydrolysis) is 2. The van der Waals surface area contributed by atoms with Gasteiger partial charge in [-0.2, -0.15) is 26.2 Å². The van der Waals surface area contributed by atoms with Crippen LogP contribution in [0.3, 0.4) is 0 Å². The Morgan fingerprint density at radius 1 is 0.581 bits per heavy atom. The molecular formula is C71H87N10O30P3S3.